The summed E-state index contributed by atoms with van der Waals surface area (Å²) in [4.78, 5) is 21.8. The first-order chi connectivity index (χ1) is 15.5. The van der Waals surface area contributed by atoms with Crippen LogP contribution in [0.2, 0.25) is 0 Å². The van der Waals surface area contributed by atoms with Crippen LogP contribution in [0.15, 0.2) is 0 Å². The number of ether oxygens (including phenoxy) is 1. The van der Waals surface area contributed by atoms with Crippen molar-refractivity contribution in [1.29, 1.82) is 0 Å². The smallest absolute Gasteiger partial charge is 0.340 e. The summed E-state index contributed by atoms with van der Waals surface area (Å²) in [6.45, 7) is 3.71. The van der Waals surface area contributed by atoms with Gasteiger partial charge in [-0.3, -0.25) is 14.6 Å². The SMILES string of the molecule is CCCCCCCCCCCCCCCCOCCCOP(=O)(O)C1CCCN(O)C1=O. The highest BCUT2D eigenvalue weighted by Crippen LogP contribution is 2.51. The highest BCUT2D eigenvalue weighted by atomic mass is 31.2. The van der Waals surface area contributed by atoms with E-state index in [2.05, 4.69) is 6.92 Å². The van der Waals surface area contributed by atoms with E-state index < -0.39 is 19.2 Å². The molecule has 1 rings (SSSR count). The molecule has 0 bridgehead atoms. The molecule has 7 nitrogen and oxygen atoms in total. The van der Waals surface area contributed by atoms with Crippen LogP contribution in [-0.4, -0.2) is 53.1 Å². The highest BCUT2D eigenvalue weighted by molar-refractivity contribution is 7.54. The minimum atomic E-state index is -4.06. The Morgan fingerprint density at radius 2 is 1.34 bits per heavy atom. The van der Waals surface area contributed by atoms with E-state index >= 15 is 0 Å². The lowest BCUT2D eigenvalue weighted by Crippen LogP contribution is -2.42. The normalized spacial score (nSPS) is 18.8. The van der Waals surface area contributed by atoms with Crippen LogP contribution in [0.1, 0.15) is 116 Å². The second-order valence-corrected chi connectivity index (χ2v) is 11.1. The molecule has 1 aliphatic heterocycles. The van der Waals surface area contributed by atoms with Gasteiger partial charge in [-0.05, 0) is 25.7 Å². The lowest BCUT2D eigenvalue weighted by molar-refractivity contribution is -0.169. The number of amides is 1. The van der Waals surface area contributed by atoms with Crippen LogP contribution in [0.25, 0.3) is 0 Å². The van der Waals surface area contributed by atoms with Crippen molar-refractivity contribution in [3.8, 4) is 0 Å². The predicted molar refractivity (Wildman–Crippen MR) is 128 cm³/mol. The molecule has 1 heterocycles. The van der Waals surface area contributed by atoms with Gasteiger partial charge in [0.25, 0.3) is 5.91 Å². The molecule has 32 heavy (non-hydrogen) atoms. The molecule has 0 aliphatic carbocycles. The summed E-state index contributed by atoms with van der Waals surface area (Å²) in [6, 6.07) is 0. The summed E-state index contributed by atoms with van der Waals surface area (Å²) >= 11 is 0. The summed E-state index contributed by atoms with van der Waals surface area (Å²) in [5.41, 5.74) is -1.15. The molecule has 0 aromatic carbocycles. The van der Waals surface area contributed by atoms with Crippen molar-refractivity contribution >= 4 is 13.5 Å². The third kappa shape index (κ3) is 13.9. The van der Waals surface area contributed by atoms with Gasteiger partial charge in [-0.25, -0.2) is 5.06 Å². The van der Waals surface area contributed by atoms with Crippen molar-refractivity contribution in [2.24, 2.45) is 0 Å². The van der Waals surface area contributed by atoms with Crippen LogP contribution in [0, 0.1) is 0 Å². The molecule has 2 unspecified atom stereocenters. The Bertz CT molecular complexity index is 519. The molecule has 0 spiro atoms. The number of rotatable bonds is 21. The number of carbonyl (C=O) groups is 1. The van der Waals surface area contributed by atoms with Crippen LogP contribution in [-0.2, 0) is 18.6 Å². The molecule has 2 atom stereocenters. The zero-order valence-electron chi connectivity index (χ0n) is 20.3. The highest BCUT2D eigenvalue weighted by Gasteiger charge is 2.42. The first-order valence-corrected chi connectivity index (χ1v) is 14.7. The van der Waals surface area contributed by atoms with Gasteiger partial charge in [0.1, 0.15) is 5.66 Å². The van der Waals surface area contributed by atoms with Gasteiger partial charge < -0.3 is 14.2 Å². The number of piperidine rings is 1. The number of hydrogen-bond acceptors (Lipinski definition) is 5. The zero-order chi connectivity index (χ0) is 23.5. The predicted octanol–water partition coefficient (Wildman–Crippen LogP) is 6.46. The second-order valence-electron chi connectivity index (χ2n) is 9.08. The zero-order valence-corrected chi connectivity index (χ0v) is 21.2. The van der Waals surface area contributed by atoms with Crippen LogP contribution in [0.5, 0.6) is 0 Å². The maximum Gasteiger partial charge on any atom is 0.340 e. The van der Waals surface area contributed by atoms with E-state index in [1.807, 2.05) is 0 Å². The monoisotopic (exact) mass is 477 g/mol. The molecule has 0 radical (unpaired) electrons. The fourth-order valence-electron chi connectivity index (χ4n) is 4.09. The van der Waals surface area contributed by atoms with Crippen LogP contribution >= 0.6 is 7.60 Å². The van der Waals surface area contributed by atoms with Crippen molar-refractivity contribution in [3.63, 3.8) is 0 Å². The number of unbranched alkanes of at least 4 members (excludes halogenated alkanes) is 13. The average molecular weight is 478 g/mol. The molecule has 1 aliphatic rings. The molecule has 1 saturated heterocycles. The van der Waals surface area contributed by atoms with Crippen LogP contribution in [0.3, 0.4) is 0 Å². The lowest BCUT2D eigenvalue weighted by Gasteiger charge is -2.29. The summed E-state index contributed by atoms with van der Waals surface area (Å²) in [5, 5.41) is 9.94. The molecule has 1 amide bonds. The van der Waals surface area contributed by atoms with Crippen molar-refractivity contribution in [1.82, 2.24) is 5.06 Å². The van der Waals surface area contributed by atoms with E-state index in [0.717, 1.165) is 6.42 Å². The first-order valence-electron chi connectivity index (χ1n) is 13.0. The van der Waals surface area contributed by atoms with E-state index in [4.69, 9.17) is 9.26 Å². The molecule has 0 aromatic rings. The quantitative estimate of drug-likeness (QED) is 0.112. The molecular formula is C24H48NO6P. The Morgan fingerprint density at radius 1 is 0.844 bits per heavy atom. The Hall–Kier alpha value is -0.460. The van der Waals surface area contributed by atoms with Gasteiger partial charge in [-0.2, -0.15) is 0 Å². The maximum absolute atomic E-state index is 12.2. The summed E-state index contributed by atoms with van der Waals surface area (Å²) in [7, 11) is -4.06. The third-order valence-corrected chi connectivity index (χ3v) is 7.95. The van der Waals surface area contributed by atoms with E-state index in [1.165, 1.54) is 83.5 Å². The first kappa shape index (κ1) is 29.6. The fraction of sp³-hybridized carbons (Fsp3) is 0.958. The van der Waals surface area contributed by atoms with E-state index in [-0.39, 0.29) is 19.6 Å². The number of nitrogens with zero attached hydrogens (tertiary/aromatic N) is 1. The Kier molecular flexibility index (Phi) is 17.5. The number of hydroxylamine groups is 2. The van der Waals surface area contributed by atoms with Crippen LogP contribution in [0.4, 0.5) is 0 Å². The Balaban J connectivity index is 1.83. The van der Waals surface area contributed by atoms with Gasteiger partial charge in [-0.1, -0.05) is 90.4 Å². The third-order valence-electron chi connectivity index (χ3n) is 6.13. The molecule has 8 heteroatoms. The Morgan fingerprint density at radius 3 is 1.91 bits per heavy atom. The summed E-state index contributed by atoms with van der Waals surface area (Å²) in [5.74, 6) is -0.726. The maximum atomic E-state index is 12.2. The minimum Gasteiger partial charge on any atom is -0.381 e. The molecule has 0 saturated carbocycles. The molecule has 190 valence electrons. The van der Waals surface area contributed by atoms with E-state index in [9.17, 15) is 19.5 Å². The van der Waals surface area contributed by atoms with Gasteiger partial charge in [0.15, 0.2) is 0 Å². The van der Waals surface area contributed by atoms with Gasteiger partial charge in [0.2, 0.25) is 0 Å². The standard InChI is InChI=1S/C24H48NO6P/c1-2-3-4-5-6-7-8-9-10-11-12-13-14-15-20-30-21-17-22-31-32(28,29)23-18-16-19-25(27)24(23)26/h23,27H,2-22H2,1H3,(H,28,29). The van der Waals surface area contributed by atoms with Crippen molar-refractivity contribution in [3.05, 3.63) is 0 Å². The topological polar surface area (TPSA) is 96.3 Å². The summed E-state index contributed by atoms with van der Waals surface area (Å²) in [6.07, 6.45) is 19.9. The van der Waals surface area contributed by atoms with E-state index in [1.54, 1.807) is 0 Å². The molecule has 1 fully saturated rings. The van der Waals surface area contributed by atoms with E-state index in [0.29, 0.717) is 31.1 Å². The number of carbonyl (C=O) groups excluding carboxylic acids is 1. The van der Waals surface area contributed by atoms with Crippen molar-refractivity contribution < 1.29 is 28.7 Å². The van der Waals surface area contributed by atoms with Gasteiger partial charge in [-0.15, -0.1) is 0 Å². The van der Waals surface area contributed by atoms with Gasteiger partial charge >= 0.3 is 7.60 Å². The Labute approximate surface area is 195 Å². The fourth-order valence-corrected chi connectivity index (χ4v) is 5.58. The van der Waals surface area contributed by atoms with Gasteiger partial charge in [0.05, 0.1) is 6.61 Å². The molecular weight excluding hydrogens is 429 g/mol. The van der Waals surface area contributed by atoms with Crippen molar-refractivity contribution in [2.75, 3.05) is 26.4 Å². The minimum absolute atomic E-state index is 0.0712. The summed E-state index contributed by atoms with van der Waals surface area (Å²) < 4.78 is 22.9. The van der Waals surface area contributed by atoms with Gasteiger partial charge in [0, 0.05) is 19.8 Å². The van der Waals surface area contributed by atoms with Crippen molar-refractivity contribution in [2.45, 2.75) is 122 Å². The molecule has 2 N–H and O–H groups in total. The average Bonchev–Trinajstić information content (AvgIpc) is 2.77. The second kappa shape index (κ2) is 18.9. The lowest BCUT2D eigenvalue weighted by atomic mass is 10.0. The molecule has 0 aromatic heterocycles. The largest absolute Gasteiger partial charge is 0.381 e. The van der Waals surface area contributed by atoms with Crippen LogP contribution < -0.4 is 0 Å². The number of hydrogen-bond donors (Lipinski definition) is 2.